The van der Waals surface area contributed by atoms with Crippen molar-refractivity contribution in [2.45, 2.75) is 32.6 Å². The Kier molecular flexibility index (Phi) is 2.76. The zero-order valence-electron chi connectivity index (χ0n) is 12.0. The smallest absolute Gasteiger partial charge is 0.347 e. The molecule has 0 saturated carbocycles. The van der Waals surface area contributed by atoms with Crippen LogP contribution in [-0.2, 0) is 19.7 Å². The van der Waals surface area contributed by atoms with E-state index in [4.69, 9.17) is 4.74 Å². The zero-order chi connectivity index (χ0) is 15.4. The lowest BCUT2D eigenvalue weighted by Gasteiger charge is -2.32. The van der Waals surface area contributed by atoms with E-state index < -0.39 is 17.9 Å². The first-order valence-electron chi connectivity index (χ1n) is 6.64. The molecule has 1 aliphatic carbocycles. The van der Waals surface area contributed by atoms with Crippen LogP contribution >= 0.6 is 0 Å². The number of carbonyl (C=O) groups is 3. The van der Waals surface area contributed by atoms with Crippen LogP contribution in [0.25, 0.3) is 5.76 Å². The number of cyclic esters (lactones) is 2. The second kappa shape index (κ2) is 4.28. The Morgan fingerprint density at radius 3 is 2.57 bits per heavy atom. The van der Waals surface area contributed by atoms with E-state index in [1.807, 2.05) is 13.8 Å². The van der Waals surface area contributed by atoms with Gasteiger partial charge in [0.25, 0.3) is 0 Å². The van der Waals surface area contributed by atoms with Crippen LogP contribution in [0.4, 0.5) is 0 Å². The number of carbonyl (C=O) groups excluding carboxylic acids is 3. The van der Waals surface area contributed by atoms with Gasteiger partial charge in [0.2, 0.25) is 0 Å². The summed E-state index contributed by atoms with van der Waals surface area (Å²) < 4.78 is 9.90. The zero-order valence-corrected chi connectivity index (χ0v) is 12.0. The molecule has 2 aliphatic rings. The maximum Gasteiger partial charge on any atom is 0.347 e. The van der Waals surface area contributed by atoms with E-state index in [9.17, 15) is 14.4 Å². The van der Waals surface area contributed by atoms with Gasteiger partial charge in [0.15, 0.2) is 0 Å². The third-order valence-corrected chi connectivity index (χ3v) is 3.84. The standard InChI is InChI=1S/C16H14O5/c1-8(17)20-11-6-7-16(2,3)10-5-4-9-12(13(10)11)15(19)21-14(9)18/h4-6H,7H2,1-3H3. The predicted octanol–water partition coefficient (Wildman–Crippen LogP) is 2.58. The summed E-state index contributed by atoms with van der Waals surface area (Å²) in [6, 6.07) is 3.39. The molecule has 0 bridgehead atoms. The average molecular weight is 286 g/mol. The Hall–Kier alpha value is -2.43. The Labute approximate surface area is 121 Å². The van der Waals surface area contributed by atoms with Crippen LogP contribution < -0.4 is 0 Å². The molecule has 108 valence electrons. The monoisotopic (exact) mass is 286 g/mol. The van der Waals surface area contributed by atoms with Crippen LogP contribution in [0.1, 0.15) is 59.0 Å². The summed E-state index contributed by atoms with van der Waals surface area (Å²) in [7, 11) is 0. The van der Waals surface area contributed by atoms with Crippen molar-refractivity contribution in [2.24, 2.45) is 0 Å². The molecule has 3 rings (SSSR count). The summed E-state index contributed by atoms with van der Waals surface area (Å²) in [6.07, 6.45) is 2.45. The van der Waals surface area contributed by atoms with Gasteiger partial charge >= 0.3 is 17.9 Å². The molecule has 0 saturated heterocycles. The molecule has 21 heavy (non-hydrogen) atoms. The molecule has 1 aliphatic heterocycles. The van der Waals surface area contributed by atoms with Gasteiger partial charge in [0, 0.05) is 12.5 Å². The van der Waals surface area contributed by atoms with Crippen LogP contribution in [0.3, 0.4) is 0 Å². The normalized spacial score (nSPS) is 18.5. The van der Waals surface area contributed by atoms with Gasteiger partial charge in [-0.05, 0) is 29.5 Å². The molecule has 0 fully saturated rings. The number of allylic oxidation sites excluding steroid dienone is 1. The third kappa shape index (κ3) is 1.96. The van der Waals surface area contributed by atoms with Crippen molar-refractivity contribution < 1.29 is 23.9 Å². The molecule has 0 aromatic heterocycles. The highest BCUT2D eigenvalue weighted by Crippen LogP contribution is 2.43. The maximum atomic E-state index is 12.0. The van der Waals surface area contributed by atoms with Crippen LogP contribution in [0, 0.1) is 0 Å². The molecule has 0 N–H and O–H groups in total. The molecule has 0 spiro atoms. The molecule has 0 amide bonds. The van der Waals surface area contributed by atoms with E-state index in [1.165, 1.54) is 6.92 Å². The SMILES string of the molecule is CC(=O)OC1=CCC(C)(C)c2ccc3c(c21)C(=O)OC3=O. The number of esters is 3. The minimum Gasteiger partial charge on any atom is -0.426 e. The Morgan fingerprint density at radius 1 is 1.19 bits per heavy atom. The molecule has 0 radical (unpaired) electrons. The van der Waals surface area contributed by atoms with Crippen LogP contribution in [0.15, 0.2) is 18.2 Å². The van der Waals surface area contributed by atoms with Gasteiger partial charge in [0.05, 0.1) is 11.1 Å². The summed E-state index contributed by atoms with van der Waals surface area (Å²) in [5.74, 6) is -1.51. The van der Waals surface area contributed by atoms with E-state index in [2.05, 4.69) is 4.74 Å². The summed E-state index contributed by atoms with van der Waals surface area (Å²) in [5, 5.41) is 0. The number of hydrogen-bond donors (Lipinski definition) is 0. The quantitative estimate of drug-likeness (QED) is 0.586. The highest BCUT2D eigenvalue weighted by molar-refractivity contribution is 6.17. The minimum atomic E-state index is -0.692. The van der Waals surface area contributed by atoms with Crippen LogP contribution in [0.2, 0.25) is 0 Å². The summed E-state index contributed by atoms with van der Waals surface area (Å²) in [4.78, 5) is 34.9. The Morgan fingerprint density at radius 2 is 1.90 bits per heavy atom. The topological polar surface area (TPSA) is 69.7 Å². The molecule has 1 aromatic carbocycles. The first-order valence-corrected chi connectivity index (χ1v) is 6.64. The highest BCUT2D eigenvalue weighted by Gasteiger charge is 2.39. The van der Waals surface area contributed by atoms with Crippen molar-refractivity contribution in [2.75, 3.05) is 0 Å². The van der Waals surface area contributed by atoms with E-state index >= 15 is 0 Å². The number of rotatable bonds is 1. The number of benzene rings is 1. The van der Waals surface area contributed by atoms with E-state index in [0.717, 1.165) is 5.56 Å². The Balaban J connectivity index is 2.29. The molecule has 0 atom stereocenters. The summed E-state index contributed by atoms with van der Waals surface area (Å²) in [6.45, 7) is 5.36. The second-order valence-electron chi connectivity index (χ2n) is 5.84. The minimum absolute atomic E-state index is 0.192. The fourth-order valence-electron chi connectivity index (χ4n) is 2.80. The molecule has 1 aromatic rings. The largest absolute Gasteiger partial charge is 0.426 e. The number of fused-ring (bicyclic) bond motifs is 3. The van der Waals surface area contributed by atoms with Gasteiger partial charge in [-0.15, -0.1) is 0 Å². The van der Waals surface area contributed by atoms with Gasteiger partial charge in [-0.2, -0.15) is 0 Å². The van der Waals surface area contributed by atoms with Crippen molar-refractivity contribution in [3.8, 4) is 0 Å². The van der Waals surface area contributed by atoms with Crippen molar-refractivity contribution in [1.29, 1.82) is 0 Å². The van der Waals surface area contributed by atoms with Gasteiger partial charge in [-0.3, -0.25) is 4.79 Å². The average Bonchev–Trinajstić information content (AvgIpc) is 2.68. The molecule has 5 nitrogen and oxygen atoms in total. The molecule has 5 heteroatoms. The van der Waals surface area contributed by atoms with Gasteiger partial charge in [-0.1, -0.05) is 19.9 Å². The van der Waals surface area contributed by atoms with E-state index in [0.29, 0.717) is 17.7 Å². The predicted molar refractivity (Wildman–Crippen MR) is 73.6 cm³/mol. The summed E-state index contributed by atoms with van der Waals surface area (Å²) in [5.41, 5.74) is 1.55. The van der Waals surface area contributed by atoms with Crippen LogP contribution in [-0.4, -0.2) is 17.9 Å². The van der Waals surface area contributed by atoms with E-state index in [-0.39, 0.29) is 16.5 Å². The number of ether oxygens (including phenoxy) is 2. The highest BCUT2D eigenvalue weighted by atomic mass is 16.6. The fraction of sp³-hybridized carbons (Fsp3) is 0.312. The first kappa shape index (κ1) is 13.5. The lowest BCUT2D eigenvalue weighted by atomic mass is 9.73. The van der Waals surface area contributed by atoms with Gasteiger partial charge < -0.3 is 9.47 Å². The van der Waals surface area contributed by atoms with Crippen molar-refractivity contribution in [3.05, 3.63) is 40.5 Å². The van der Waals surface area contributed by atoms with E-state index in [1.54, 1.807) is 18.2 Å². The molecule has 1 heterocycles. The van der Waals surface area contributed by atoms with Crippen molar-refractivity contribution >= 4 is 23.7 Å². The molecular weight excluding hydrogens is 272 g/mol. The van der Waals surface area contributed by atoms with Crippen molar-refractivity contribution in [1.82, 2.24) is 0 Å². The lowest BCUT2D eigenvalue weighted by Crippen LogP contribution is -2.24. The van der Waals surface area contributed by atoms with Crippen LogP contribution in [0.5, 0.6) is 0 Å². The van der Waals surface area contributed by atoms with Gasteiger partial charge in [0.1, 0.15) is 5.76 Å². The fourth-order valence-corrected chi connectivity index (χ4v) is 2.80. The molecular formula is C16H14O5. The number of hydrogen-bond acceptors (Lipinski definition) is 5. The Bertz CT molecular complexity index is 724. The first-order chi connectivity index (χ1) is 9.81. The summed E-state index contributed by atoms with van der Waals surface area (Å²) >= 11 is 0. The lowest BCUT2D eigenvalue weighted by molar-refractivity contribution is -0.134. The third-order valence-electron chi connectivity index (χ3n) is 3.84. The molecule has 0 unspecified atom stereocenters. The van der Waals surface area contributed by atoms with Gasteiger partial charge in [-0.25, -0.2) is 9.59 Å². The maximum absolute atomic E-state index is 12.0. The second-order valence-corrected chi connectivity index (χ2v) is 5.84. The van der Waals surface area contributed by atoms with Crippen molar-refractivity contribution in [3.63, 3.8) is 0 Å².